The lowest BCUT2D eigenvalue weighted by molar-refractivity contribution is 0.102. The second kappa shape index (κ2) is 10.3. The summed E-state index contributed by atoms with van der Waals surface area (Å²) in [4.78, 5) is 12.6. The molecule has 3 aromatic carbocycles. The van der Waals surface area contributed by atoms with Gasteiger partial charge in [0.2, 0.25) is 0 Å². The van der Waals surface area contributed by atoms with Crippen molar-refractivity contribution < 1.29 is 14.3 Å². The van der Waals surface area contributed by atoms with Crippen molar-refractivity contribution in [1.29, 1.82) is 0 Å². The molecular formula is C25H27NO3. The molecule has 0 fully saturated rings. The number of hydrogen-bond donors (Lipinski definition) is 1. The third-order valence-corrected chi connectivity index (χ3v) is 4.62. The fraction of sp³-hybridized carbons (Fsp3) is 0.240. The summed E-state index contributed by atoms with van der Waals surface area (Å²) in [6.07, 6.45) is 1.94. The molecule has 0 aliphatic heterocycles. The van der Waals surface area contributed by atoms with Crippen molar-refractivity contribution in [3.8, 4) is 11.5 Å². The summed E-state index contributed by atoms with van der Waals surface area (Å²) >= 11 is 0. The first-order valence-corrected chi connectivity index (χ1v) is 9.99. The molecule has 150 valence electrons. The maximum Gasteiger partial charge on any atom is 0.255 e. The van der Waals surface area contributed by atoms with Crippen LogP contribution in [-0.4, -0.2) is 18.6 Å². The van der Waals surface area contributed by atoms with Gasteiger partial charge in [-0.25, -0.2) is 0 Å². The van der Waals surface area contributed by atoms with E-state index in [9.17, 15) is 4.79 Å². The Morgan fingerprint density at radius 2 is 1.69 bits per heavy atom. The van der Waals surface area contributed by atoms with E-state index in [1.165, 1.54) is 5.56 Å². The summed E-state index contributed by atoms with van der Waals surface area (Å²) in [7, 11) is 0. The maximum absolute atomic E-state index is 12.6. The average molecular weight is 389 g/mol. The molecule has 4 nitrogen and oxygen atoms in total. The first kappa shape index (κ1) is 20.5. The number of carbonyl (C=O) groups is 1. The van der Waals surface area contributed by atoms with E-state index in [-0.39, 0.29) is 12.0 Å². The third-order valence-electron chi connectivity index (χ3n) is 4.62. The summed E-state index contributed by atoms with van der Waals surface area (Å²) in [5.41, 5.74) is 2.51. The van der Waals surface area contributed by atoms with Gasteiger partial charge in [-0.2, -0.15) is 0 Å². The van der Waals surface area contributed by atoms with Crippen molar-refractivity contribution >= 4 is 11.6 Å². The van der Waals surface area contributed by atoms with Gasteiger partial charge in [0.25, 0.3) is 5.91 Å². The molecule has 0 radical (unpaired) electrons. The van der Waals surface area contributed by atoms with Crippen molar-refractivity contribution in [2.45, 2.75) is 32.8 Å². The standard InChI is InChI=1S/C25H27NO3/c1-3-19(2)29-23-14-12-22(13-15-23)26-25(27)21-10-7-11-24(18-21)28-17-16-20-8-5-4-6-9-20/h4-15,18-19H,3,16-17H2,1-2H3,(H,26,27). The zero-order valence-electron chi connectivity index (χ0n) is 16.9. The average Bonchev–Trinajstić information content (AvgIpc) is 2.76. The third kappa shape index (κ3) is 6.39. The number of benzene rings is 3. The number of nitrogens with one attached hydrogen (secondary N) is 1. The lowest BCUT2D eigenvalue weighted by atomic mass is 10.1. The zero-order chi connectivity index (χ0) is 20.5. The van der Waals surface area contributed by atoms with E-state index in [1.807, 2.05) is 61.5 Å². The van der Waals surface area contributed by atoms with Crippen LogP contribution in [0, 0.1) is 0 Å². The fourth-order valence-electron chi connectivity index (χ4n) is 2.79. The highest BCUT2D eigenvalue weighted by Gasteiger charge is 2.08. The van der Waals surface area contributed by atoms with Gasteiger partial charge in [-0.15, -0.1) is 0 Å². The molecular weight excluding hydrogens is 362 g/mol. The summed E-state index contributed by atoms with van der Waals surface area (Å²) in [5.74, 6) is 1.31. The molecule has 0 aliphatic rings. The van der Waals surface area contributed by atoms with E-state index in [0.717, 1.165) is 24.3 Å². The Labute approximate surface area is 172 Å². The number of ether oxygens (including phenoxy) is 2. The van der Waals surface area contributed by atoms with E-state index in [0.29, 0.717) is 17.9 Å². The monoisotopic (exact) mass is 389 g/mol. The van der Waals surface area contributed by atoms with E-state index in [2.05, 4.69) is 24.4 Å². The fourth-order valence-corrected chi connectivity index (χ4v) is 2.79. The molecule has 0 aromatic heterocycles. The number of hydrogen-bond acceptors (Lipinski definition) is 3. The van der Waals surface area contributed by atoms with Crippen molar-refractivity contribution in [2.75, 3.05) is 11.9 Å². The van der Waals surface area contributed by atoms with Gasteiger partial charge in [-0.1, -0.05) is 43.3 Å². The van der Waals surface area contributed by atoms with Crippen LogP contribution in [0.25, 0.3) is 0 Å². The Morgan fingerprint density at radius 1 is 0.931 bits per heavy atom. The van der Waals surface area contributed by atoms with Gasteiger partial charge in [-0.05, 0) is 61.4 Å². The number of anilines is 1. The highest BCUT2D eigenvalue weighted by atomic mass is 16.5. The van der Waals surface area contributed by atoms with Gasteiger partial charge in [0.15, 0.2) is 0 Å². The minimum atomic E-state index is -0.172. The molecule has 1 atom stereocenters. The topological polar surface area (TPSA) is 47.6 Å². The summed E-state index contributed by atoms with van der Waals surface area (Å²) in [5, 5.41) is 2.91. The SMILES string of the molecule is CCC(C)Oc1ccc(NC(=O)c2cccc(OCCc3ccccc3)c2)cc1. The van der Waals surface area contributed by atoms with Crippen LogP contribution >= 0.6 is 0 Å². The predicted molar refractivity (Wildman–Crippen MR) is 117 cm³/mol. The number of carbonyl (C=O) groups excluding carboxylic acids is 1. The zero-order valence-corrected chi connectivity index (χ0v) is 16.9. The molecule has 4 heteroatoms. The maximum atomic E-state index is 12.6. The molecule has 0 bridgehead atoms. The van der Waals surface area contributed by atoms with Gasteiger partial charge in [0.1, 0.15) is 11.5 Å². The molecule has 29 heavy (non-hydrogen) atoms. The smallest absolute Gasteiger partial charge is 0.255 e. The number of amides is 1. The van der Waals surface area contributed by atoms with Crippen LogP contribution in [0.4, 0.5) is 5.69 Å². The van der Waals surface area contributed by atoms with Crippen LogP contribution in [0.5, 0.6) is 11.5 Å². The lowest BCUT2D eigenvalue weighted by Gasteiger charge is -2.13. The van der Waals surface area contributed by atoms with Crippen LogP contribution < -0.4 is 14.8 Å². The van der Waals surface area contributed by atoms with Crippen molar-refractivity contribution in [3.63, 3.8) is 0 Å². The molecule has 1 amide bonds. The first-order chi connectivity index (χ1) is 14.1. The Kier molecular flexibility index (Phi) is 7.28. The van der Waals surface area contributed by atoms with Gasteiger partial charge < -0.3 is 14.8 Å². The first-order valence-electron chi connectivity index (χ1n) is 9.99. The number of rotatable bonds is 9. The Morgan fingerprint density at radius 3 is 2.41 bits per heavy atom. The largest absolute Gasteiger partial charge is 0.493 e. The molecule has 1 N–H and O–H groups in total. The van der Waals surface area contributed by atoms with Crippen LogP contribution in [-0.2, 0) is 6.42 Å². The minimum absolute atomic E-state index is 0.167. The Balaban J connectivity index is 1.54. The molecule has 3 rings (SSSR count). The minimum Gasteiger partial charge on any atom is -0.493 e. The van der Waals surface area contributed by atoms with Crippen molar-refractivity contribution in [1.82, 2.24) is 0 Å². The molecule has 0 aliphatic carbocycles. The normalized spacial score (nSPS) is 11.5. The second-order valence-corrected chi connectivity index (χ2v) is 6.93. The quantitative estimate of drug-likeness (QED) is 0.508. The molecule has 3 aromatic rings. The molecule has 0 saturated heterocycles. The molecule has 1 unspecified atom stereocenters. The molecule has 0 spiro atoms. The van der Waals surface area contributed by atoms with Gasteiger partial charge >= 0.3 is 0 Å². The van der Waals surface area contributed by atoms with Gasteiger partial charge in [0.05, 0.1) is 12.7 Å². The van der Waals surface area contributed by atoms with Crippen molar-refractivity contribution in [2.24, 2.45) is 0 Å². The molecule has 0 saturated carbocycles. The Bertz CT molecular complexity index is 907. The van der Waals surface area contributed by atoms with Crippen LogP contribution in [0.15, 0.2) is 78.9 Å². The Hall–Kier alpha value is -3.27. The molecule has 0 heterocycles. The van der Waals surface area contributed by atoms with Crippen LogP contribution in [0.2, 0.25) is 0 Å². The van der Waals surface area contributed by atoms with E-state index >= 15 is 0 Å². The highest BCUT2D eigenvalue weighted by Crippen LogP contribution is 2.19. The summed E-state index contributed by atoms with van der Waals surface area (Å²) in [6, 6.07) is 24.8. The summed E-state index contributed by atoms with van der Waals surface area (Å²) in [6.45, 7) is 4.68. The van der Waals surface area contributed by atoms with Crippen LogP contribution in [0.1, 0.15) is 36.2 Å². The highest BCUT2D eigenvalue weighted by molar-refractivity contribution is 6.04. The van der Waals surface area contributed by atoms with Crippen molar-refractivity contribution in [3.05, 3.63) is 90.0 Å². The second-order valence-electron chi connectivity index (χ2n) is 6.93. The van der Waals surface area contributed by atoms with Gasteiger partial charge in [-0.3, -0.25) is 4.79 Å². The van der Waals surface area contributed by atoms with E-state index in [4.69, 9.17) is 9.47 Å². The van der Waals surface area contributed by atoms with E-state index < -0.39 is 0 Å². The van der Waals surface area contributed by atoms with Gasteiger partial charge in [0, 0.05) is 17.7 Å². The van der Waals surface area contributed by atoms with E-state index in [1.54, 1.807) is 12.1 Å². The summed E-state index contributed by atoms with van der Waals surface area (Å²) < 4.78 is 11.6. The predicted octanol–water partition coefficient (Wildman–Crippen LogP) is 5.74. The van der Waals surface area contributed by atoms with Crippen LogP contribution in [0.3, 0.4) is 0 Å². The lowest BCUT2D eigenvalue weighted by Crippen LogP contribution is -2.12.